The Balaban J connectivity index is 2.26. The quantitative estimate of drug-likeness (QED) is 0.759. The molecule has 5 nitrogen and oxygen atoms in total. The largest absolute Gasteiger partial charge is 0.462 e. The van der Waals surface area contributed by atoms with Crippen molar-refractivity contribution in [1.82, 2.24) is 10.2 Å². The molecule has 0 bridgehead atoms. The summed E-state index contributed by atoms with van der Waals surface area (Å²) in [5.41, 5.74) is 0.887. The van der Waals surface area contributed by atoms with Crippen LogP contribution >= 0.6 is 0 Å². The Kier molecular flexibility index (Phi) is 2.48. The third-order valence-electron chi connectivity index (χ3n) is 2.69. The van der Waals surface area contributed by atoms with Crippen LogP contribution in [0, 0.1) is 0 Å². The standard InChI is InChI=1S/C10H14N2O3/c1-3-15-9(13)7-6-11-12-8(7)10(14-2)4-5-10/h6H,3-5H2,1-2H3,(H,11,12). The van der Waals surface area contributed by atoms with Crippen LogP contribution in [0.15, 0.2) is 6.20 Å². The van der Waals surface area contributed by atoms with E-state index in [-0.39, 0.29) is 11.6 Å². The normalized spacial score (nSPS) is 17.5. The summed E-state index contributed by atoms with van der Waals surface area (Å²) in [7, 11) is 1.64. The number of rotatable bonds is 4. The minimum absolute atomic E-state index is 0.335. The molecule has 0 saturated heterocycles. The lowest BCUT2D eigenvalue weighted by Crippen LogP contribution is -2.15. The Labute approximate surface area is 87.8 Å². The van der Waals surface area contributed by atoms with Crippen LogP contribution in [0.2, 0.25) is 0 Å². The fourth-order valence-corrected chi connectivity index (χ4v) is 1.67. The highest BCUT2D eigenvalue weighted by molar-refractivity contribution is 5.90. The first kappa shape index (κ1) is 10.2. The molecule has 0 aromatic carbocycles. The molecule has 2 rings (SSSR count). The predicted molar refractivity (Wildman–Crippen MR) is 52.5 cm³/mol. The molecule has 1 N–H and O–H groups in total. The number of nitrogens with one attached hydrogen (secondary N) is 1. The molecule has 0 radical (unpaired) electrons. The lowest BCUT2D eigenvalue weighted by atomic mass is 10.1. The van der Waals surface area contributed by atoms with Crippen molar-refractivity contribution in [1.29, 1.82) is 0 Å². The zero-order valence-electron chi connectivity index (χ0n) is 8.87. The maximum atomic E-state index is 11.6. The first-order valence-corrected chi connectivity index (χ1v) is 4.99. The number of ether oxygens (including phenoxy) is 2. The number of esters is 1. The molecule has 1 aliphatic carbocycles. The second-order valence-corrected chi connectivity index (χ2v) is 3.58. The van der Waals surface area contributed by atoms with Gasteiger partial charge in [0.2, 0.25) is 0 Å². The molecule has 0 atom stereocenters. The molecule has 0 amide bonds. The molecule has 1 aromatic rings. The maximum absolute atomic E-state index is 11.6. The second kappa shape index (κ2) is 3.66. The second-order valence-electron chi connectivity index (χ2n) is 3.58. The molecule has 1 heterocycles. The molecule has 5 heteroatoms. The highest BCUT2D eigenvalue weighted by Gasteiger charge is 2.48. The van der Waals surface area contributed by atoms with Gasteiger partial charge in [-0.1, -0.05) is 0 Å². The fourth-order valence-electron chi connectivity index (χ4n) is 1.67. The summed E-state index contributed by atoms with van der Waals surface area (Å²) in [5, 5.41) is 6.70. The van der Waals surface area contributed by atoms with E-state index in [0.29, 0.717) is 12.2 Å². The number of methoxy groups -OCH3 is 1. The van der Waals surface area contributed by atoms with E-state index in [1.165, 1.54) is 6.20 Å². The van der Waals surface area contributed by atoms with Gasteiger partial charge < -0.3 is 9.47 Å². The maximum Gasteiger partial charge on any atom is 0.341 e. The third-order valence-corrected chi connectivity index (χ3v) is 2.69. The Morgan fingerprint density at radius 3 is 2.93 bits per heavy atom. The topological polar surface area (TPSA) is 64.2 Å². The number of nitrogens with zero attached hydrogens (tertiary/aromatic N) is 1. The number of hydrogen-bond acceptors (Lipinski definition) is 4. The first-order valence-electron chi connectivity index (χ1n) is 4.99. The summed E-state index contributed by atoms with van der Waals surface area (Å²) in [4.78, 5) is 11.6. The minimum atomic E-state index is -0.343. The van der Waals surface area contributed by atoms with Crippen LogP contribution in [0.25, 0.3) is 0 Å². The van der Waals surface area contributed by atoms with Gasteiger partial charge >= 0.3 is 5.97 Å². The SMILES string of the molecule is CCOC(=O)c1cn[nH]c1C1(OC)CC1. The summed E-state index contributed by atoms with van der Waals surface area (Å²) >= 11 is 0. The van der Waals surface area contributed by atoms with Gasteiger partial charge in [0.1, 0.15) is 11.2 Å². The van der Waals surface area contributed by atoms with Gasteiger partial charge in [0.05, 0.1) is 18.5 Å². The molecule has 1 aliphatic rings. The van der Waals surface area contributed by atoms with Gasteiger partial charge in [-0.15, -0.1) is 0 Å². The predicted octanol–water partition coefficient (Wildman–Crippen LogP) is 1.22. The lowest BCUT2D eigenvalue weighted by molar-refractivity contribution is 0.0494. The number of aromatic amines is 1. The van der Waals surface area contributed by atoms with Crippen molar-refractivity contribution >= 4 is 5.97 Å². The molecule has 0 spiro atoms. The van der Waals surface area contributed by atoms with Crippen LogP contribution in [0.3, 0.4) is 0 Å². The molecular formula is C10H14N2O3. The monoisotopic (exact) mass is 210 g/mol. The van der Waals surface area contributed by atoms with E-state index in [1.54, 1.807) is 14.0 Å². The van der Waals surface area contributed by atoms with Gasteiger partial charge in [0, 0.05) is 7.11 Å². The Bertz CT molecular complexity index is 368. The third kappa shape index (κ3) is 1.63. The number of H-pyrrole nitrogens is 1. The molecule has 1 fully saturated rings. The van der Waals surface area contributed by atoms with Crippen molar-refractivity contribution in [2.75, 3.05) is 13.7 Å². The molecule has 1 aromatic heterocycles. The Morgan fingerprint density at radius 2 is 2.40 bits per heavy atom. The molecular weight excluding hydrogens is 196 g/mol. The summed E-state index contributed by atoms with van der Waals surface area (Å²) in [5.74, 6) is -0.343. The van der Waals surface area contributed by atoms with E-state index >= 15 is 0 Å². The van der Waals surface area contributed by atoms with E-state index in [4.69, 9.17) is 9.47 Å². The number of carbonyl (C=O) groups is 1. The van der Waals surface area contributed by atoms with Gasteiger partial charge in [-0.05, 0) is 19.8 Å². The van der Waals surface area contributed by atoms with Crippen LogP contribution in [0.4, 0.5) is 0 Å². The van der Waals surface area contributed by atoms with Crippen molar-refractivity contribution < 1.29 is 14.3 Å². The van der Waals surface area contributed by atoms with E-state index in [2.05, 4.69) is 10.2 Å². The number of hydrogen-bond donors (Lipinski definition) is 1. The first-order chi connectivity index (χ1) is 7.23. The van der Waals surface area contributed by atoms with E-state index < -0.39 is 0 Å². The van der Waals surface area contributed by atoms with Crippen molar-refractivity contribution in [3.8, 4) is 0 Å². The number of aromatic nitrogens is 2. The summed E-state index contributed by atoms with van der Waals surface area (Å²) in [6, 6.07) is 0. The smallest absolute Gasteiger partial charge is 0.341 e. The van der Waals surface area contributed by atoms with Crippen LogP contribution < -0.4 is 0 Å². The van der Waals surface area contributed by atoms with Crippen LogP contribution in [-0.4, -0.2) is 29.9 Å². The fraction of sp³-hybridized carbons (Fsp3) is 0.600. The Hall–Kier alpha value is -1.36. The van der Waals surface area contributed by atoms with Crippen LogP contribution in [0.5, 0.6) is 0 Å². The average Bonchev–Trinajstić information content (AvgIpc) is 2.88. The van der Waals surface area contributed by atoms with E-state index in [9.17, 15) is 4.79 Å². The lowest BCUT2D eigenvalue weighted by Gasteiger charge is -2.12. The van der Waals surface area contributed by atoms with Gasteiger partial charge in [0.15, 0.2) is 0 Å². The zero-order valence-corrected chi connectivity index (χ0v) is 8.87. The Morgan fingerprint density at radius 1 is 1.67 bits per heavy atom. The molecule has 1 saturated carbocycles. The van der Waals surface area contributed by atoms with Crippen molar-refractivity contribution in [3.05, 3.63) is 17.5 Å². The minimum Gasteiger partial charge on any atom is -0.462 e. The molecule has 0 aliphatic heterocycles. The van der Waals surface area contributed by atoms with Crippen molar-refractivity contribution in [2.24, 2.45) is 0 Å². The van der Waals surface area contributed by atoms with Gasteiger partial charge in [-0.25, -0.2) is 4.79 Å². The highest BCUT2D eigenvalue weighted by atomic mass is 16.5. The van der Waals surface area contributed by atoms with Crippen molar-refractivity contribution in [2.45, 2.75) is 25.4 Å². The van der Waals surface area contributed by atoms with E-state index in [0.717, 1.165) is 18.5 Å². The average molecular weight is 210 g/mol. The van der Waals surface area contributed by atoms with E-state index in [1.807, 2.05) is 0 Å². The summed E-state index contributed by atoms with van der Waals surface area (Å²) in [6.45, 7) is 2.14. The zero-order chi connectivity index (χ0) is 10.9. The van der Waals surface area contributed by atoms with Gasteiger partial charge in [-0.3, -0.25) is 5.10 Å². The van der Waals surface area contributed by atoms with Crippen molar-refractivity contribution in [3.63, 3.8) is 0 Å². The summed E-state index contributed by atoms with van der Waals surface area (Å²) in [6.07, 6.45) is 3.32. The molecule has 0 unspecified atom stereocenters. The molecule has 15 heavy (non-hydrogen) atoms. The number of carbonyl (C=O) groups excluding carboxylic acids is 1. The van der Waals surface area contributed by atoms with Crippen LogP contribution in [0.1, 0.15) is 35.8 Å². The van der Waals surface area contributed by atoms with Crippen LogP contribution in [-0.2, 0) is 15.1 Å². The summed E-state index contributed by atoms with van der Waals surface area (Å²) < 4.78 is 10.3. The highest BCUT2D eigenvalue weighted by Crippen LogP contribution is 2.48. The van der Waals surface area contributed by atoms with Gasteiger partial charge in [0.25, 0.3) is 0 Å². The van der Waals surface area contributed by atoms with Gasteiger partial charge in [-0.2, -0.15) is 5.10 Å². The molecule has 82 valence electrons.